The third-order valence-corrected chi connectivity index (χ3v) is 3.50. The summed E-state index contributed by atoms with van der Waals surface area (Å²) in [5.41, 5.74) is 0.420. The van der Waals surface area contributed by atoms with Crippen molar-refractivity contribution in [3.63, 3.8) is 0 Å². The molecule has 110 valence electrons. The molecule has 1 aliphatic heterocycles. The van der Waals surface area contributed by atoms with Crippen molar-refractivity contribution in [3.05, 3.63) is 24.0 Å². The first-order valence-corrected chi connectivity index (χ1v) is 7.20. The lowest BCUT2D eigenvalue weighted by Crippen LogP contribution is -2.35. The van der Waals surface area contributed by atoms with Gasteiger partial charge in [-0.2, -0.15) is 0 Å². The van der Waals surface area contributed by atoms with Crippen molar-refractivity contribution in [2.45, 2.75) is 31.7 Å². The largest absolute Gasteiger partial charge is 0.493 e. The predicted molar refractivity (Wildman–Crippen MR) is 78.0 cm³/mol. The molecule has 0 saturated carbocycles. The van der Waals surface area contributed by atoms with Crippen molar-refractivity contribution < 1.29 is 9.53 Å². The van der Waals surface area contributed by atoms with Crippen LogP contribution in [-0.4, -0.2) is 49.1 Å². The Morgan fingerprint density at radius 2 is 2.35 bits per heavy atom. The number of aromatic nitrogens is 1. The van der Waals surface area contributed by atoms with E-state index in [0.29, 0.717) is 24.1 Å². The van der Waals surface area contributed by atoms with Gasteiger partial charge in [-0.25, -0.2) is 0 Å². The van der Waals surface area contributed by atoms with Gasteiger partial charge >= 0.3 is 0 Å². The monoisotopic (exact) mass is 277 g/mol. The zero-order valence-electron chi connectivity index (χ0n) is 12.3. The minimum absolute atomic E-state index is 0.107. The van der Waals surface area contributed by atoms with Gasteiger partial charge in [0.15, 0.2) is 0 Å². The first-order valence-electron chi connectivity index (χ1n) is 7.20. The number of nitrogens with one attached hydrogen (secondary N) is 1. The third-order valence-electron chi connectivity index (χ3n) is 3.50. The Hall–Kier alpha value is -1.62. The van der Waals surface area contributed by atoms with Crippen LogP contribution < -0.4 is 10.1 Å². The summed E-state index contributed by atoms with van der Waals surface area (Å²) in [4.78, 5) is 17.4. The quantitative estimate of drug-likeness (QED) is 0.890. The van der Waals surface area contributed by atoms with Gasteiger partial charge in [-0.15, -0.1) is 0 Å². The van der Waals surface area contributed by atoms with E-state index in [4.69, 9.17) is 4.74 Å². The molecule has 0 aromatic carbocycles. The van der Waals surface area contributed by atoms with E-state index in [9.17, 15) is 4.79 Å². The number of hydrogen-bond donors (Lipinski definition) is 1. The van der Waals surface area contributed by atoms with Gasteiger partial charge in [-0.3, -0.25) is 9.78 Å². The number of nitrogens with zero attached hydrogens (tertiary/aromatic N) is 2. The first kappa shape index (κ1) is 14.8. The zero-order valence-corrected chi connectivity index (χ0v) is 12.3. The smallest absolute Gasteiger partial charge is 0.272 e. The highest BCUT2D eigenvalue weighted by atomic mass is 16.5. The molecule has 1 N–H and O–H groups in total. The van der Waals surface area contributed by atoms with Crippen LogP contribution in [0, 0.1) is 0 Å². The fraction of sp³-hybridized carbons (Fsp3) is 0.600. The Labute approximate surface area is 120 Å². The summed E-state index contributed by atoms with van der Waals surface area (Å²) in [6.45, 7) is 1.78. The summed E-state index contributed by atoms with van der Waals surface area (Å²) in [7, 11) is 3.43. The molecular weight excluding hydrogens is 254 g/mol. The number of carbonyl (C=O) groups is 1. The van der Waals surface area contributed by atoms with Crippen LogP contribution in [0.5, 0.6) is 5.75 Å². The van der Waals surface area contributed by atoms with E-state index < -0.39 is 0 Å². The lowest BCUT2D eigenvalue weighted by atomic mass is 10.0. The molecule has 0 radical (unpaired) electrons. The van der Waals surface area contributed by atoms with Crippen molar-refractivity contribution in [3.8, 4) is 5.75 Å². The lowest BCUT2D eigenvalue weighted by Gasteiger charge is -2.23. The average molecular weight is 277 g/mol. The Balaban J connectivity index is 1.83. The summed E-state index contributed by atoms with van der Waals surface area (Å²) < 4.78 is 5.73. The second-order valence-electron chi connectivity index (χ2n) is 5.36. The van der Waals surface area contributed by atoms with Crippen LogP contribution >= 0.6 is 0 Å². The zero-order chi connectivity index (χ0) is 14.4. The molecule has 5 heteroatoms. The van der Waals surface area contributed by atoms with Crippen molar-refractivity contribution >= 4 is 5.91 Å². The standard InChI is InChI=1S/C15H23N3O2/c1-18(2)15(19)14-11-13(6-9-17-14)20-10-7-12-5-3-4-8-16-12/h6,9,11-12,16H,3-5,7-8,10H2,1-2H3. The molecule has 20 heavy (non-hydrogen) atoms. The van der Waals surface area contributed by atoms with Crippen LogP contribution in [-0.2, 0) is 0 Å². The molecule has 0 bridgehead atoms. The van der Waals surface area contributed by atoms with Crippen LogP contribution in [0.25, 0.3) is 0 Å². The summed E-state index contributed by atoms with van der Waals surface area (Å²) in [6.07, 6.45) is 6.42. The van der Waals surface area contributed by atoms with Crippen LogP contribution in [0.3, 0.4) is 0 Å². The maximum absolute atomic E-state index is 11.8. The number of piperidine rings is 1. The van der Waals surface area contributed by atoms with E-state index in [1.807, 2.05) is 0 Å². The molecule has 2 rings (SSSR count). The molecule has 0 spiro atoms. The maximum atomic E-state index is 11.8. The molecule has 1 atom stereocenters. The SMILES string of the molecule is CN(C)C(=O)c1cc(OCCC2CCCCN2)ccn1. The number of pyridine rings is 1. The van der Waals surface area contributed by atoms with Crippen LogP contribution in [0.2, 0.25) is 0 Å². The van der Waals surface area contributed by atoms with Gasteiger partial charge in [0.2, 0.25) is 0 Å². The first-order chi connectivity index (χ1) is 9.66. The Morgan fingerprint density at radius 3 is 3.05 bits per heavy atom. The van der Waals surface area contributed by atoms with Crippen molar-refractivity contribution in [1.82, 2.24) is 15.2 Å². The van der Waals surface area contributed by atoms with E-state index in [0.717, 1.165) is 13.0 Å². The summed E-state index contributed by atoms with van der Waals surface area (Å²) in [6, 6.07) is 4.06. The normalized spacial score (nSPS) is 18.6. The van der Waals surface area contributed by atoms with Gasteiger partial charge in [-0.05, 0) is 31.9 Å². The van der Waals surface area contributed by atoms with E-state index in [2.05, 4.69) is 10.3 Å². The lowest BCUT2D eigenvalue weighted by molar-refractivity contribution is 0.0821. The summed E-state index contributed by atoms with van der Waals surface area (Å²) in [5, 5.41) is 3.50. The Morgan fingerprint density at radius 1 is 1.50 bits per heavy atom. The highest BCUT2D eigenvalue weighted by Gasteiger charge is 2.13. The van der Waals surface area contributed by atoms with Crippen LogP contribution in [0.4, 0.5) is 0 Å². The third kappa shape index (κ3) is 4.20. The molecule has 1 aliphatic rings. The number of carbonyl (C=O) groups excluding carboxylic acids is 1. The Kier molecular flexibility index (Phi) is 5.35. The molecule has 1 amide bonds. The molecule has 1 aromatic rings. The molecule has 2 heterocycles. The average Bonchev–Trinajstić information content (AvgIpc) is 2.48. The Bertz CT molecular complexity index is 442. The van der Waals surface area contributed by atoms with Crippen molar-refractivity contribution in [1.29, 1.82) is 0 Å². The second-order valence-corrected chi connectivity index (χ2v) is 5.36. The number of hydrogen-bond acceptors (Lipinski definition) is 4. The van der Waals surface area contributed by atoms with E-state index in [1.165, 1.54) is 24.2 Å². The highest BCUT2D eigenvalue weighted by Crippen LogP contribution is 2.14. The molecule has 5 nitrogen and oxygen atoms in total. The maximum Gasteiger partial charge on any atom is 0.272 e. The van der Waals surface area contributed by atoms with Crippen LogP contribution in [0.1, 0.15) is 36.2 Å². The minimum Gasteiger partial charge on any atom is -0.493 e. The van der Waals surface area contributed by atoms with Crippen molar-refractivity contribution in [2.24, 2.45) is 0 Å². The van der Waals surface area contributed by atoms with E-state index in [1.54, 1.807) is 32.4 Å². The molecule has 1 aromatic heterocycles. The fourth-order valence-electron chi connectivity index (χ4n) is 2.34. The van der Waals surface area contributed by atoms with Gasteiger partial charge in [0, 0.05) is 32.4 Å². The van der Waals surface area contributed by atoms with Gasteiger partial charge in [0.05, 0.1) is 6.61 Å². The van der Waals surface area contributed by atoms with Gasteiger partial charge < -0.3 is 15.0 Å². The summed E-state index contributed by atoms with van der Waals surface area (Å²) >= 11 is 0. The van der Waals surface area contributed by atoms with E-state index in [-0.39, 0.29) is 5.91 Å². The topological polar surface area (TPSA) is 54.5 Å². The molecule has 0 aliphatic carbocycles. The van der Waals surface area contributed by atoms with Crippen molar-refractivity contribution in [2.75, 3.05) is 27.2 Å². The molecule has 1 saturated heterocycles. The number of rotatable bonds is 5. The van der Waals surface area contributed by atoms with E-state index >= 15 is 0 Å². The minimum atomic E-state index is -0.107. The molecule has 1 fully saturated rings. The fourth-order valence-corrected chi connectivity index (χ4v) is 2.34. The van der Waals surface area contributed by atoms with Gasteiger partial charge in [0.25, 0.3) is 5.91 Å². The van der Waals surface area contributed by atoms with Crippen LogP contribution in [0.15, 0.2) is 18.3 Å². The number of amides is 1. The molecular formula is C15H23N3O2. The predicted octanol–water partition coefficient (Wildman–Crippen LogP) is 1.69. The second kappa shape index (κ2) is 7.24. The van der Waals surface area contributed by atoms with Gasteiger partial charge in [0.1, 0.15) is 11.4 Å². The summed E-state index contributed by atoms with van der Waals surface area (Å²) in [5.74, 6) is 0.602. The molecule has 1 unspecified atom stereocenters. The highest BCUT2D eigenvalue weighted by molar-refractivity contribution is 5.92. The number of ether oxygens (including phenoxy) is 1. The van der Waals surface area contributed by atoms with Gasteiger partial charge in [-0.1, -0.05) is 6.42 Å².